The molecule has 0 amide bonds. The summed E-state index contributed by atoms with van der Waals surface area (Å²) in [5, 5.41) is 0. The van der Waals surface area contributed by atoms with Crippen LogP contribution < -0.4 is 0 Å². The molecule has 0 rings (SSSR count). The fraction of sp³-hybridized carbons (Fsp3) is 0.667. The van der Waals surface area contributed by atoms with Gasteiger partial charge >= 0.3 is 11.9 Å². The zero-order valence-corrected chi connectivity index (χ0v) is 10.5. The van der Waals surface area contributed by atoms with E-state index in [-0.39, 0.29) is 0 Å². The second kappa shape index (κ2) is 7.91. The number of rotatable bonds is 6. The molecular formula is C12H20O4. The molecule has 0 radical (unpaired) electrons. The molecule has 0 unspecified atom stereocenters. The molecule has 0 aliphatic rings. The van der Waals surface area contributed by atoms with Crippen LogP contribution in [0.2, 0.25) is 0 Å². The van der Waals surface area contributed by atoms with Crippen LogP contribution >= 0.6 is 0 Å². The predicted molar refractivity (Wildman–Crippen MR) is 60.9 cm³/mol. The summed E-state index contributed by atoms with van der Waals surface area (Å²) in [6.45, 7) is 7.62. The average molecular weight is 228 g/mol. The summed E-state index contributed by atoms with van der Waals surface area (Å²) in [4.78, 5) is 23.1. The zero-order chi connectivity index (χ0) is 12.6. The minimum Gasteiger partial charge on any atom is -0.463 e. The largest absolute Gasteiger partial charge is 0.463 e. The second-order valence-corrected chi connectivity index (χ2v) is 3.29. The lowest BCUT2D eigenvalue weighted by Crippen LogP contribution is -2.15. The highest BCUT2D eigenvalue weighted by atomic mass is 16.5. The van der Waals surface area contributed by atoms with Gasteiger partial charge in [-0.15, -0.1) is 0 Å². The molecule has 0 N–H and O–H groups in total. The van der Waals surface area contributed by atoms with Gasteiger partial charge in [0.1, 0.15) is 0 Å². The lowest BCUT2D eigenvalue weighted by molar-refractivity contribution is -0.141. The molecule has 0 heterocycles. The molecule has 0 spiro atoms. The molecule has 92 valence electrons. The van der Waals surface area contributed by atoms with Crippen molar-refractivity contribution in [1.82, 2.24) is 0 Å². The van der Waals surface area contributed by atoms with E-state index in [1.807, 2.05) is 6.92 Å². The van der Waals surface area contributed by atoms with Gasteiger partial charge in [0.15, 0.2) is 0 Å². The topological polar surface area (TPSA) is 52.6 Å². The smallest absolute Gasteiger partial charge is 0.334 e. The van der Waals surface area contributed by atoms with Gasteiger partial charge in [0.2, 0.25) is 0 Å². The third-order valence-corrected chi connectivity index (χ3v) is 2.06. The van der Waals surface area contributed by atoms with E-state index in [0.717, 1.165) is 6.42 Å². The van der Waals surface area contributed by atoms with E-state index in [4.69, 9.17) is 9.47 Å². The van der Waals surface area contributed by atoms with Crippen molar-refractivity contribution in [2.24, 2.45) is 0 Å². The molecule has 0 saturated carbocycles. The van der Waals surface area contributed by atoms with Gasteiger partial charge in [-0.2, -0.15) is 0 Å². The average Bonchev–Trinajstić information content (AvgIpc) is 2.25. The Kier molecular flexibility index (Phi) is 7.25. The maximum atomic E-state index is 11.6. The van der Waals surface area contributed by atoms with Crippen molar-refractivity contribution in [1.29, 1.82) is 0 Å². The van der Waals surface area contributed by atoms with Crippen LogP contribution in [-0.2, 0) is 19.1 Å². The SMILES string of the molecule is CCC/C(C(=O)OCC)=C(\C)C(=O)OCC. The van der Waals surface area contributed by atoms with Crippen molar-refractivity contribution < 1.29 is 19.1 Å². The van der Waals surface area contributed by atoms with Crippen molar-refractivity contribution in [3.63, 3.8) is 0 Å². The minimum absolute atomic E-state index is 0.304. The maximum Gasteiger partial charge on any atom is 0.334 e. The van der Waals surface area contributed by atoms with Crippen LogP contribution in [0.1, 0.15) is 40.5 Å². The monoisotopic (exact) mass is 228 g/mol. The summed E-state index contributed by atoms with van der Waals surface area (Å²) in [6, 6.07) is 0. The van der Waals surface area contributed by atoms with Crippen molar-refractivity contribution in [2.45, 2.75) is 40.5 Å². The number of esters is 2. The van der Waals surface area contributed by atoms with Gasteiger partial charge in [-0.1, -0.05) is 13.3 Å². The minimum atomic E-state index is -0.445. The number of carbonyl (C=O) groups excluding carboxylic acids is 2. The van der Waals surface area contributed by atoms with Crippen LogP contribution in [0.4, 0.5) is 0 Å². The van der Waals surface area contributed by atoms with Crippen LogP contribution in [0.15, 0.2) is 11.1 Å². The van der Waals surface area contributed by atoms with E-state index in [2.05, 4.69) is 0 Å². The Labute approximate surface area is 96.6 Å². The first-order chi connectivity index (χ1) is 7.58. The molecule has 0 aromatic heterocycles. The number of carbonyl (C=O) groups is 2. The molecule has 0 aliphatic carbocycles. The quantitative estimate of drug-likeness (QED) is 0.516. The summed E-state index contributed by atoms with van der Waals surface area (Å²) >= 11 is 0. The Morgan fingerprint density at radius 1 is 0.938 bits per heavy atom. The summed E-state index contributed by atoms with van der Waals surface area (Å²) in [7, 11) is 0. The lowest BCUT2D eigenvalue weighted by atomic mass is 10.1. The van der Waals surface area contributed by atoms with Gasteiger partial charge in [-0.25, -0.2) is 9.59 Å². The second-order valence-electron chi connectivity index (χ2n) is 3.29. The fourth-order valence-electron chi connectivity index (χ4n) is 1.27. The van der Waals surface area contributed by atoms with E-state index in [1.165, 1.54) is 0 Å². The Bertz CT molecular complexity index is 279. The van der Waals surface area contributed by atoms with Gasteiger partial charge in [0.05, 0.1) is 13.2 Å². The number of ether oxygens (including phenoxy) is 2. The van der Waals surface area contributed by atoms with Crippen molar-refractivity contribution in [2.75, 3.05) is 13.2 Å². The molecule has 0 aromatic carbocycles. The van der Waals surface area contributed by atoms with Crippen LogP contribution in [0.5, 0.6) is 0 Å². The Balaban J connectivity index is 4.90. The van der Waals surface area contributed by atoms with Gasteiger partial charge in [-0.3, -0.25) is 0 Å². The Morgan fingerprint density at radius 2 is 1.44 bits per heavy atom. The number of hydrogen-bond donors (Lipinski definition) is 0. The van der Waals surface area contributed by atoms with Crippen LogP contribution in [0.3, 0.4) is 0 Å². The normalized spacial score (nSPS) is 11.8. The van der Waals surface area contributed by atoms with Crippen molar-refractivity contribution in [3.05, 3.63) is 11.1 Å². The molecular weight excluding hydrogens is 208 g/mol. The molecule has 0 bridgehead atoms. The van der Waals surface area contributed by atoms with E-state index >= 15 is 0 Å². The summed E-state index contributed by atoms with van der Waals surface area (Å²) in [5.74, 6) is -0.867. The first kappa shape index (κ1) is 14.7. The van der Waals surface area contributed by atoms with Gasteiger partial charge in [0, 0.05) is 11.1 Å². The van der Waals surface area contributed by atoms with E-state index < -0.39 is 11.9 Å². The van der Waals surface area contributed by atoms with E-state index in [0.29, 0.717) is 30.8 Å². The standard InChI is InChI=1S/C12H20O4/c1-5-8-10(12(14)16-7-3)9(4)11(13)15-6-2/h5-8H2,1-4H3/b10-9-. The van der Waals surface area contributed by atoms with E-state index in [1.54, 1.807) is 20.8 Å². The molecule has 0 atom stereocenters. The molecule has 0 aromatic rings. The molecule has 4 heteroatoms. The lowest BCUT2D eigenvalue weighted by Gasteiger charge is -2.09. The molecule has 0 aliphatic heterocycles. The third kappa shape index (κ3) is 4.47. The highest BCUT2D eigenvalue weighted by Gasteiger charge is 2.18. The highest BCUT2D eigenvalue weighted by Crippen LogP contribution is 2.14. The molecule has 4 nitrogen and oxygen atoms in total. The van der Waals surface area contributed by atoms with Gasteiger partial charge in [-0.05, 0) is 27.2 Å². The first-order valence-corrected chi connectivity index (χ1v) is 5.62. The fourth-order valence-corrected chi connectivity index (χ4v) is 1.27. The first-order valence-electron chi connectivity index (χ1n) is 5.62. The molecule has 0 fully saturated rings. The van der Waals surface area contributed by atoms with Crippen LogP contribution in [0, 0.1) is 0 Å². The summed E-state index contributed by atoms with van der Waals surface area (Å²) < 4.78 is 9.76. The maximum absolute atomic E-state index is 11.6. The zero-order valence-electron chi connectivity index (χ0n) is 10.5. The van der Waals surface area contributed by atoms with Crippen LogP contribution in [-0.4, -0.2) is 25.2 Å². The highest BCUT2D eigenvalue weighted by molar-refractivity contribution is 5.99. The molecule has 0 saturated heterocycles. The summed E-state index contributed by atoms with van der Waals surface area (Å²) in [5.41, 5.74) is 0.768. The van der Waals surface area contributed by atoms with Crippen molar-refractivity contribution >= 4 is 11.9 Å². The Morgan fingerprint density at radius 3 is 1.88 bits per heavy atom. The van der Waals surface area contributed by atoms with Gasteiger partial charge in [0.25, 0.3) is 0 Å². The summed E-state index contributed by atoms with van der Waals surface area (Å²) in [6.07, 6.45) is 1.31. The third-order valence-electron chi connectivity index (χ3n) is 2.06. The number of hydrogen-bond acceptors (Lipinski definition) is 4. The van der Waals surface area contributed by atoms with Gasteiger partial charge < -0.3 is 9.47 Å². The van der Waals surface area contributed by atoms with Crippen molar-refractivity contribution in [3.8, 4) is 0 Å². The van der Waals surface area contributed by atoms with Crippen LogP contribution in [0.25, 0.3) is 0 Å². The predicted octanol–water partition coefficient (Wildman–Crippen LogP) is 2.23. The van der Waals surface area contributed by atoms with E-state index in [9.17, 15) is 9.59 Å². The molecule has 16 heavy (non-hydrogen) atoms. The Hall–Kier alpha value is -1.32.